The number of hydrogen-bond acceptors (Lipinski definition) is 3. The van der Waals surface area contributed by atoms with E-state index in [0.29, 0.717) is 0 Å². The number of aromatic amines is 1. The van der Waals surface area contributed by atoms with Crippen LogP contribution in [-0.4, -0.2) is 14.9 Å². The van der Waals surface area contributed by atoms with Crippen molar-refractivity contribution >= 4 is 11.8 Å². The second-order valence-corrected chi connectivity index (χ2v) is 4.70. The fraction of sp³-hybridized carbons (Fsp3) is 0.182. The Morgan fingerprint density at radius 3 is 3.06 bits per heavy atom. The van der Waals surface area contributed by atoms with Crippen molar-refractivity contribution in [2.45, 2.75) is 11.5 Å². The lowest BCUT2D eigenvalue weighted by atomic mass is 10.2. The summed E-state index contributed by atoms with van der Waals surface area (Å²) in [6.45, 7) is 0. The first-order valence-corrected chi connectivity index (χ1v) is 6.11. The van der Waals surface area contributed by atoms with E-state index in [1.54, 1.807) is 34.6 Å². The maximum Gasteiger partial charge on any atom is 0.268 e. The van der Waals surface area contributed by atoms with Crippen molar-refractivity contribution < 1.29 is 5.11 Å². The summed E-state index contributed by atoms with van der Waals surface area (Å²) in [5.74, 6) is 1.81. The normalized spacial score (nSPS) is 14.0. The molecule has 2 aromatic rings. The SMILES string of the molecule is O=c1[nH]n(-c2cccc(O)c2)c2c1CSC2. The lowest BCUT2D eigenvalue weighted by Crippen LogP contribution is -2.07. The number of nitrogens with zero attached hydrogens (tertiary/aromatic N) is 1. The van der Waals surface area contributed by atoms with Crippen LogP contribution in [0.1, 0.15) is 11.3 Å². The zero-order chi connectivity index (χ0) is 11.1. The monoisotopic (exact) mass is 234 g/mol. The molecule has 2 N–H and O–H groups in total. The standard InChI is InChI=1S/C11H10N2O2S/c14-8-3-1-2-7(4-8)13-10-6-16-5-9(10)11(15)12-13/h1-4,14H,5-6H2,(H,12,15). The predicted octanol–water partition coefficient (Wildman–Crippen LogP) is 1.62. The van der Waals surface area contributed by atoms with E-state index in [9.17, 15) is 9.90 Å². The maximum absolute atomic E-state index is 11.6. The summed E-state index contributed by atoms with van der Waals surface area (Å²) in [6, 6.07) is 6.87. The molecule has 0 amide bonds. The lowest BCUT2D eigenvalue weighted by molar-refractivity contribution is 0.474. The van der Waals surface area contributed by atoms with Crippen molar-refractivity contribution in [1.82, 2.24) is 9.78 Å². The minimum atomic E-state index is -0.0247. The molecule has 1 aliphatic rings. The van der Waals surface area contributed by atoms with Gasteiger partial charge in [0.2, 0.25) is 0 Å². The number of hydrogen-bond donors (Lipinski definition) is 2. The Balaban J connectivity index is 2.21. The number of phenols is 1. The number of thioether (sulfide) groups is 1. The van der Waals surface area contributed by atoms with Gasteiger partial charge in [-0.25, -0.2) is 0 Å². The highest BCUT2D eigenvalue weighted by Gasteiger charge is 2.21. The van der Waals surface area contributed by atoms with Gasteiger partial charge in [0.05, 0.1) is 16.9 Å². The minimum Gasteiger partial charge on any atom is -0.508 e. The van der Waals surface area contributed by atoms with Crippen LogP contribution in [0.15, 0.2) is 29.1 Å². The average Bonchev–Trinajstić information content (AvgIpc) is 2.83. The van der Waals surface area contributed by atoms with Crippen LogP contribution in [0.3, 0.4) is 0 Å². The average molecular weight is 234 g/mol. The molecular formula is C11H10N2O2S. The topological polar surface area (TPSA) is 58.0 Å². The van der Waals surface area contributed by atoms with Gasteiger partial charge in [-0.15, -0.1) is 0 Å². The molecule has 0 bridgehead atoms. The Hall–Kier alpha value is -1.62. The minimum absolute atomic E-state index is 0.0247. The number of aromatic hydroxyl groups is 1. The van der Waals surface area contributed by atoms with Gasteiger partial charge >= 0.3 is 0 Å². The van der Waals surface area contributed by atoms with Crippen LogP contribution in [0.2, 0.25) is 0 Å². The van der Waals surface area contributed by atoms with E-state index < -0.39 is 0 Å². The largest absolute Gasteiger partial charge is 0.508 e. The van der Waals surface area contributed by atoms with E-state index in [4.69, 9.17) is 0 Å². The third-order valence-electron chi connectivity index (χ3n) is 2.68. The van der Waals surface area contributed by atoms with E-state index in [1.165, 1.54) is 0 Å². The molecule has 1 aromatic carbocycles. The molecule has 0 saturated carbocycles. The molecule has 2 heterocycles. The fourth-order valence-electron chi connectivity index (χ4n) is 1.91. The summed E-state index contributed by atoms with van der Waals surface area (Å²) >= 11 is 1.73. The number of rotatable bonds is 1. The second-order valence-electron chi connectivity index (χ2n) is 3.71. The first-order chi connectivity index (χ1) is 7.75. The number of fused-ring (bicyclic) bond motifs is 1. The Labute approximate surface area is 95.9 Å². The van der Waals surface area contributed by atoms with Crippen LogP contribution in [0, 0.1) is 0 Å². The summed E-state index contributed by atoms with van der Waals surface area (Å²) in [5, 5.41) is 12.2. The number of benzene rings is 1. The molecule has 4 nitrogen and oxygen atoms in total. The zero-order valence-corrected chi connectivity index (χ0v) is 9.25. The van der Waals surface area contributed by atoms with Crippen LogP contribution < -0.4 is 5.56 Å². The summed E-state index contributed by atoms with van der Waals surface area (Å²) in [4.78, 5) is 11.6. The van der Waals surface area contributed by atoms with Crippen molar-refractivity contribution in [3.05, 3.63) is 45.9 Å². The molecule has 0 saturated heterocycles. The van der Waals surface area contributed by atoms with Crippen LogP contribution >= 0.6 is 11.8 Å². The number of aromatic nitrogens is 2. The number of nitrogens with one attached hydrogen (secondary N) is 1. The van der Waals surface area contributed by atoms with E-state index in [1.807, 2.05) is 6.07 Å². The van der Waals surface area contributed by atoms with E-state index in [-0.39, 0.29) is 11.3 Å². The molecule has 0 radical (unpaired) electrons. The van der Waals surface area contributed by atoms with E-state index >= 15 is 0 Å². The number of phenolic OH excluding ortho intramolecular Hbond substituents is 1. The van der Waals surface area contributed by atoms with Crippen molar-refractivity contribution in [2.24, 2.45) is 0 Å². The van der Waals surface area contributed by atoms with Gasteiger partial charge in [0.25, 0.3) is 5.56 Å². The van der Waals surface area contributed by atoms with E-state index in [2.05, 4.69) is 5.10 Å². The Kier molecular flexibility index (Phi) is 2.07. The highest BCUT2D eigenvalue weighted by molar-refractivity contribution is 7.98. The van der Waals surface area contributed by atoms with Crippen molar-refractivity contribution in [3.63, 3.8) is 0 Å². The maximum atomic E-state index is 11.6. The first-order valence-electron chi connectivity index (χ1n) is 4.95. The van der Waals surface area contributed by atoms with Crippen LogP contribution in [0.5, 0.6) is 5.75 Å². The molecule has 82 valence electrons. The van der Waals surface area contributed by atoms with E-state index in [0.717, 1.165) is 28.5 Å². The van der Waals surface area contributed by atoms with Crippen LogP contribution in [0.4, 0.5) is 0 Å². The molecular weight excluding hydrogens is 224 g/mol. The Bertz CT molecular complexity index is 600. The molecule has 1 aromatic heterocycles. The summed E-state index contributed by atoms with van der Waals surface area (Å²) in [6.07, 6.45) is 0. The van der Waals surface area contributed by atoms with Gasteiger partial charge in [-0.3, -0.25) is 14.6 Å². The highest BCUT2D eigenvalue weighted by atomic mass is 32.2. The van der Waals surface area contributed by atoms with Crippen LogP contribution in [-0.2, 0) is 11.5 Å². The predicted molar refractivity (Wildman–Crippen MR) is 63.1 cm³/mol. The van der Waals surface area contributed by atoms with Crippen molar-refractivity contribution in [3.8, 4) is 11.4 Å². The molecule has 5 heteroatoms. The van der Waals surface area contributed by atoms with Gasteiger partial charge < -0.3 is 5.11 Å². The van der Waals surface area contributed by atoms with Gasteiger partial charge in [0.1, 0.15) is 5.75 Å². The molecule has 0 aliphatic carbocycles. The number of H-pyrrole nitrogens is 1. The van der Waals surface area contributed by atoms with Gasteiger partial charge in [-0.1, -0.05) is 6.07 Å². The molecule has 0 spiro atoms. The van der Waals surface area contributed by atoms with Gasteiger partial charge in [0, 0.05) is 17.6 Å². The molecule has 1 aliphatic heterocycles. The van der Waals surface area contributed by atoms with Crippen LogP contribution in [0.25, 0.3) is 5.69 Å². The van der Waals surface area contributed by atoms with Crippen molar-refractivity contribution in [1.29, 1.82) is 0 Å². The molecule has 16 heavy (non-hydrogen) atoms. The quantitative estimate of drug-likeness (QED) is 0.788. The summed E-state index contributed by atoms with van der Waals surface area (Å²) in [5.41, 5.74) is 2.64. The molecule has 0 fully saturated rings. The lowest BCUT2D eigenvalue weighted by Gasteiger charge is -2.06. The third kappa shape index (κ3) is 1.36. The summed E-state index contributed by atoms with van der Waals surface area (Å²) < 4.78 is 1.76. The third-order valence-corrected chi connectivity index (χ3v) is 3.65. The van der Waals surface area contributed by atoms with Gasteiger partial charge in [-0.05, 0) is 12.1 Å². The molecule has 0 atom stereocenters. The molecule has 0 unspecified atom stereocenters. The Morgan fingerprint density at radius 2 is 2.25 bits per heavy atom. The fourth-order valence-corrected chi connectivity index (χ4v) is 3.01. The molecule has 3 rings (SSSR count). The smallest absolute Gasteiger partial charge is 0.268 e. The first kappa shape index (κ1) is 9.59. The van der Waals surface area contributed by atoms with Gasteiger partial charge in [-0.2, -0.15) is 11.8 Å². The second kappa shape index (κ2) is 3.45. The Morgan fingerprint density at radius 1 is 1.38 bits per heavy atom. The summed E-state index contributed by atoms with van der Waals surface area (Å²) in [7, 11) is 0. The van der Waals surface area contributed by atoms with Crippen molar-refractivity contribution in [2.75, 3.05) is 0 Å². The zero-order valence-electron chi connectivity index (χ0n) is 8.43. The van der Waals surface area contributed by atoms with Gasteiger partial charge in [0.15, 0.2) is 0 Å². The highest BCUT2D eigenvalue weighted by Crippen LogP contribution is 2.29.